The van der Waals surface area contributed by atoms with Gasteiger partial charge in [-0.05, 0) is 34.9 Å². The van der Waals surface area contributed by atoms with Gasteiger partial charge in [-0.25, -0.2) is 0 Å². The monoisotopic (exact) mass is 224 g/mol. The van der Waals surface area contributed by atoms with Crippen molar-refractivity contribution in [3.05, 3.63) is 28.5 Å². The molecule has 0 radical (unpaired) electrons. The molecule has 0 nitrogen and oxygen atoms in total. The van der Waals surface area contributed by atoms with Gasteiger partial charge < -0.3 is 0 Å². The second-order valence-electron chi connectivity index (χ2n) is 2.99. The van der Waals surface area contributed by atoms with Gasteiger partial charge in [0.1, 0.15) is 0 Å². The van der Waals surface area contributed by atoms with Crippen LogP contribution in [0.2, 0.25) is 0 Å². The van der Waals surface area contributed by atoms with Crippen LogP contribution in [0.4, 0.5) is 0 Å². The minimum atomic E-state index is 1.23. The van der Waals surface area contributed by atoms with Crippen molar-refractivity contribution in [3.8, 4) is 9.75 Å². The normalized spacial score (nSPS) is 14.8. The number of hydrogen-bond acceptors (Lipinski definition) is 3. The lowest BCUT2D eigenvalue weighted by molar-refractivity contribution is 1.18. The van der Waals surface area contributed by atoms with E-state index in [0.717, 1.165) is 0 Å². The lowest BCUT2D eigenvalue weighted by Crippen LogP contribution is -1.82. The van der Waals surface area contributed by atoms with E-state index in [4.69, 9.17) is 0 Å². The van der Waals surface area contributed by atoms with E-state index in [0.29, 0.717) is 0 Å². The first-order valence-electron chi connectivity index (χ1n) is 4.22. The van der Waals surface area contributed by atoms with Crippen LogP contribution in [0.25, 0.3) is 9.75 Å². The molecule has 3 rings (SSSR count). The molecule has 0 spiro atoms. The molecule has 0 bridgehead atoms. The van der Waals surface area contributed by atoms with Crippen LogP contribution in [0.5, 0.6) is 0 Å². The SMILES string of the molecule is c1cc2c(s1)-c1sccc1SCC2. The Balaban J connectivity index is 2.27. The molecule has 13 heavy (non-hydrogen) atoms. The average molecular weight is 224 g/mol. The minimum absolute atomic E-state index is 1.23. The van der Waals surface area contributed by atoms with Gasteiger partial charge >= 0.3 is 0 Å². The Hall–Kier alpha value is -0.250. The van der Waals surface area contributed by atoms with Gasteiger partial charge in [-0.3, -0.25) is 0 Å². The topological polar surface area (TPSA) is 0 Å². The number of fused-ring (bicyclic) bond motifs is 3. The molecule has 1 aliphatic heterocycles. The highest BCUT2D eigenvalue weighted by Crippen LogP contribution is 2.43. The molecule has 0 N–H and O–H groups in total. The molecular weight excluding hydrogens is 216 g/mol. The fraction of sp³-hybridized carbons (Fsp3) is 0.200. The summed E-state index contributed by atoms with van der Waals surface area (Å²) in [6, 6.07) is 4.52. The molecule has 2 aromatic rings. The maximum atomic E-state index is 2.27. The van der Waals surface area contributed by atoms with Crippen molar-refractivity contribution in [2.75, 3.05) is 5.75 Å². The van der Waals surface area contributed by atoms with Crippen LogP contribution in [0.1, 0.15) is 5.56 Å². The van der Waals surface area contributed by atoms with Crippen LogP contribution in [-0.4, -0.2) is 5.75 Å². The lowest BCUT2D eigenvalue weighted by Gasteiger charge is -1.95. The van der Waals surface area contributed by atoms with Gasteiger partial charge in [0.2, 0.25) is 0 Å². The van der Waals surface area contributed by atoms with Gasteiger partial charge in [-0.15, -0.1) is 34.4 Å². The molecule has 0 fully saturated rings. The molecule has 3 heterocycles. The second-order valence-corrected chi connectivity index (χ2v) is 5.96. The first-order chi connectivity index (χ1) is 6.45. The summed E-state index contributed by atoms with van der Waals surface area (Å²) in [6.45, 7) is 0. The summed E-state index contributed by atoms with van der Waals surface area (Å²) in [5, 5.41) is 4.41. The fourth-order valence-corrected chi connectivity index (χ4v) is 4.95. The number of rotatable bonds is 0. The predicted octanol–water partition coefficient (Wildman–Crippen LogP) is 4.12. The molecule has 0 unspecified atom stereocenters. The van der Waals surface area contributed by atoms with Crippen molar-refractivity contribution in [2.45, 2.75) is 11.3 Å². The van der Waals surface area contributed by atoms with E-state index < -0.39 is 0 Å². The lowest BCUT2D eigenvalue weighted by atomic mass is 10.2. The maximum absolute atomic E-state index is 2.27. The van der Waals surface area contributed by atoms with Crippen molar-refractivity contribution < 1.29 is 0 Å². The van der Waals surface area contributed by atoms with E-state index in [1.165, 1.54) is 26.8 Å². The standard InChI is InChI=1S/C10H8S3/c1-4-11-8-3-6-13-10(8)9-7(1)2-5-12-9/h2-3,5-6H,1,4H2. The van der Waals surface area contributed by atoms with Crippen LogP contribution in [0.15, 0.2) is 27.8 Å². The van der Waals surface area contributed by atoms with Crippen molar-refractivity contribution in [3.63, 3.8) is 0 Å². The number of aryl methyl sites for hydroxylation is 1. The molecule has 0 saturated carbocycles. The zero-order chi connectivity index (χ0) is 8.67. The van der Waals surface area contributed by atoms with Crippen molar-refractivity contribution in [1.82, 2.24) is 0 Å². The van der Waals surface area contributed by atoms with Gasteiger partial charge in [0.05, 0.1) is 4.88 Å². The zero-order valence-corrected chi connectivity index (χ0v) is 9.40. The third-order valence-electron chi connectivity index (χ3n) is 2.21. The summed E-state index contributed by atoms with van der Waals surface area (Å²) in [4.78, 5) is 4.48. The number of thiophene rings is 2. The summed E-state index contributed by atoms with van der Waals surface area (Å²) in [5.41, 5.74) is 1.54. The van der Waals surface area contributed by atoms with Gasteiger partial charge in [-0.2, -0.15) is 0 Å². The van der Waals surface area contributed by atoms with Crippen LogP contribution in [0.3, 0.4) is 0 Å². The highest BCUT2D eigenvalue weighted by Gasteiger charge is 2.16. The van der Waals surface area contributed by atoms with E-state index in [1.807, 2.05) is 34.4 Å². The molecule has 66 valence electrons. The summed E-state index contributed by atoms with van der Waals surface area (Å²) < 4.78 is 0. The van der Waals surface area contributed by atoms with E-state index in [1.54, 1.807) is 5.56 Å². The van der Waals surface area contributed by atoms with Crippen molar-refractivity contribution >= 4 is 34.4 Å². The number of thioether (sulfide) groups is 1. The summed E-state index contributed by atoms with van der Waals surface area (Å²) >= 11 is 5.75. The molecule has 0 atom stereocenters. The smallest absolute Gasteiger partial charge is 0.0581 e. The number of hydrogen-bond donors (Lipinski definition) is 0. The third-order valence-corrected chi connectivity index (χ3v) is 5.44. The van der Waals surface area contributed by atoms with Crippen molar-refractivity contribution in [2.24, 2.45) is 0 Å². The molecule has 2 aromatic heterocycles. The molecule has 0 aliphatic carbocycles. The Morgan fingerprint density at radius 3 is 2.85 bits per heavy atom. The largest absolute Gasteiger partial charge is 0.143 e. The predicted molar refractivity (Wildman–Crippen MR) is 62.1 cm³/mol. The van der Waals surface area contributed by atoms with Gasteiger partial charge in [0, 0.05) is 15.5 Å². The first kappa shape index (κ1) is 8.09. The van der Waals surface area contributed by atoms with Crippen molar-refractivity contribution in [1.29, 1.82) is 0 Å². The summed E-state index contributed by atoms with van der Waals surface area (Å²) in [7, 11) is 0. The van der Waals surface area contributed by atoms with E-state index in [-0.39, 0.29) is 0 Å². The fourth-order valence-electron chi connectivity index (χ4n) is 1.58. The Kier molecular flexibility index (Phi) is 1.96. The molecule has 1 aliphatic rings. The highest BCUT2D eigenvalue weighted by atomic mass is 32.2. The molecular formula is C10H8S3. The Morgan fingerprint density at radius 2 is 1.85 bits per heavy atom. The van der Waals surface area contributed by atoms with E-state index in [9.17, 15) is 0 Å². The zero-order valence-electron chi connectivity index (χ0n) is 6.95. The Labute approximate surface area is 89.6 Å². The maximum Gasteiger partial charge on any atom is 0.0581 e. The van der Waals surface area contributed by atoms with E-state index in [2.05, 4.69) is 22.9 Å². The quantitative estimate of drug-likeness (QED) is 0.648. The summed E-state index contributed by atoms with van der Waals surface area (Å²) in [6.07, 6.45) is 1.23. The molecule has 0 aromatic carbocycles. The van der Waals surface area contributed by atoms with Crippen LogP contribution in [0, 0.1) is 0 Å². The molecule has 0 amide bonds. The minimum Gasteiger partial charge on any atom is -0.143 e. The Bertz CT molecular complexity index is 385. The van der Waals surface area contributed by atoms with Crippen LogP contribution >= 0.6 is 34.4 Å². The summed E-state index contributed by atoms with van der Waals surface area (Å²) in [5.74, 6) is 1.23. The molecule has 3 heteroatoms. The van der Waals surface area contributed by atoms with Gasteiger partial charge in [0.25, 0.3) is 0 Å². The van der Waals surface area contributed by atoms with Crippen LogP contribution < -0.4 is 0 Å². The van der Waals surface area contributed by atoms with Gasteiger partial charge in [-0.1, -0.05) is 0 Å². The first-order valence-corrected chi connectivity index (χ1v) is 6.96. The molecule has 0 saturated heterocycles. The van der Waals surface area contributed by atoms with Crippen LogP contribution in [-0.2, 0) is 6.42 Å². The highest BCUT2D eigenvalue weighted by molar-refractivity contribution is 7.99. The van der Waals surface area contributed by atoms with E-state index >= 15 is 0 Å². The van der Waals surface area contributed by atoms with Gasteiger partial charge in [0.15, 0.2) is 0 Å². The second kappa shape index (κ2) is 3.15. The Morgan fingerprint density at radius 1 is 1.00 bits per heavy atom. The third kappa shape index (κ3) is 1.26. The average Bonchev–Trinajstić information content (AvgIpc) is 2.72.